The summed E-state index contributed by atoms with van der Waals surface area (Å²) in [7, 11) is 0. The van der Waals surface area contributed by atoms with Crippen LogP contribution in [0.1, 0.15) is 18.1 Å². The Bertz CT molecular complexity index is 726. The van der Waals surface area contributed by atoms with Gasteiger partial charge in [-0.1, -0.05) is 12.1 Å². The summed E-state index contributed by atoms with van der Waals surface area (Å²) in [5.41, 5.74) is 2.53. The Morgan fingerprint density at radius 1 is 1.17 bits per heavy atom. The largest absolute Gasteiger partial charge is 0.481 e. The van der Waals surface area contributed by atoms with Gasteiger partial charge in [0.15, 0.2) is 6.10 Å². The van der Waals surface area contributed by atoms with Gasteiger partial charge in [0.2, 0.25) is 0 Å². The van der Waals surface area contributed by atoms with E-state index in [0.717, 1.165) is 11.1 Å². The Morgan fingerprint density at radius 3 is 2.43 bits per heavy atom. The smallest absolute Gasteiger partial charge is 0.269 e. The zero-order valence-electron chi connectivity index (χ0n) is 13.2. The van der Waals surface area contributed by atoms with Crippen molar-refractivity contribution in [2.75, 3.05) is 5.32 Å². The van der Waals surface area contributed by atoms with Crippen LogP contribution in [0.2, 0.25) is 0 Å². The fourth-order valence-corrected chi connectivity index (χ4v) is 2.01. The predicted octanol–water partition coefficient (Wildman–Crippen LogP) is 3.62. The number of carbonyl (C=O) groups excluding carboxylic acids is 1. The summed E-state index contributed by atoms with van der Waals surface area (Å²) in [6.45, 7) is 5.57. The average molecular weight is 314 g/mol. The first-order valence-corrected chi connectivity index (χ1v) is 7.16. The number of benzene rings is 2. The summed E-state index contributed by atoms with van der Waals surface area (Å²) < 4.78 is 5.70. The van der Waals surface area contributed by atoms with Crippen molar-refractivity contribution in [3.05, 3.63) is 63.7 Å². The number of rotatable bonds is 5. The standard InChI is InChI=1S/C17H18N2O4/c1-11-5-4-6-16(12(11)2)23-13(3)17(20)18-14-7-9-15(10-8-14)19(21)22/h4-10,13H,1-3H3,(H,18,20). The number of ether oxygens (including phenoxy) is 1. The van der Waals surface area contributed by atoms with E-state index in [1.54, 1.807) is 6.92 Å². The molecule has 2 rings (SSSR count). The quantitative estimate of drug-likeness (QED) is 0.675. The Hall–Kier alpha value is -2.89. The second kappa shape index (κ2) is 6.91. The third-order valence-corrected chi connectivity index (χ3v) is 3.57. The molecule has 6 nitrogen and oxygen atoms in total. The van der Waals surface area contributed by atoms with Crippen molar-refractivity contribution in [3.63, 3.8) is 0 Å². The van der Waals surface area contributed by atoms with Crippen LogP contribution in [0.4, 0.5) is 11.4 Å². The molecule has 2 aromatic carbocycles. The van der Waals surface area contributed by atoms with Crippen LogP contribution in [0.25, 0.3) is 0 Å². The fourth-order valence-electron chi connectivity index (χ4n) is 2.01. The SMILES string of the molecule is Cc1cccc(OC(C)C(=O)Nc2ccc([N+](=O)[O-])cc2)c1C. The topological polar surface area (TPSA) is 81.5 Å². The molecule has 0 aliphatic heterocycles. The maximum Gasteiger partial charge on any atom is 0.269 e. The fraction of sp³-hybridized carbons (Fsp3) is 0.235. The van der Waals surface area contributed by atoms with E-state index in [2.05, 4.69) is 5.32 Å². The zero-order chi connectivity index (χ0) is 17.0. The monoisotopic (exact) mass is 314 g/mol. The summed E-state index contributed by atoms with van der Waals surface area (Å²) >= 11 is 0. The number of nitro benzene ring substituents is 1. The molecule has 0 radical (unpaired) electrons. The van der Waals surface area contributed by atoms with E-state index in [1.807, 2.05) is 32.0 Å². The van der Waals surface area contributed by atoms with Crippen LogP contribution in [-0.4, -0.2) is 16.9 Å². The molecule has 0 spiro atoms. The van der Waals surface area contributed by atoms with Gasteiger partial charge in [0.1, 0.15) is 5.75 Å². The number of nitrogens with one attached hydrogen (secondary N) is 1. The summed E-state index contributed by atoms with van der Waals surface area (Å²) in [6.07, 6.45) is -0.689. The maximum absolute atomic E-state index is 12.2. The minimum Gasteiger partial charge on any atom is -0.481 e. The molecule has 2 aromatic rings. The van der Waals surface area contributed by atoms with Crippen LogP contribution in [0.15, 0.2) is 42.5 Å². The lowest BCUT2D eigenvalue weighted by molar-refractivity contribution is -0.384. The van der Waals surface area contributed by atoms with Gasteiger partial charge < -0.3 is 10.1 Å². The van der Waals surface area contributed by atoms with Gasteiger partial charge in [0, 0.05) is 17.8 Å². The first kappa shape index (κ1) is 16.5. The van der Waals surface area contributed by atoms with Crippen LogP contribution in [0.5, 0.6) is 5.75 Å². The Kier molecular flexibility index (Phi) is 4.95. The first-order chi connectivity index (χ1) is 10.9. The lowest BCUT2D eigenvalue weighted by Gasteiger charge is -2.17. The van der Waals surface area contributed by atoms with Crippen LogP contribution in [0, 0.1) is 24.0 Å². The van der Waals surface area contributed by atoms with Crippen molar-refractivity contribution in [3.8, 4) is 5.75 Å². The number of hydrogen-bond acceptors (Lipinski definition) is 4. The predicted molar refractivity (Wildman–Crippen MR) is 87.7 cm³/mol. The third-order valence-electron chi connectivity index (χ3n) is 3.57. The second-order valence-corrected chi connectivity index (χ2v) is 5.25. The summed E-state index contributed by atoms with van der Waals surface area (Å²) in [4.78, 5) is 22.3. The molecule has 0 aliphatic carbocycles. The highest BCUT2D eigenvalue weighted by Crippen LogP contribution is 2.22. The molecule has 0 aromatic heterocycles. The first-order valence-electron chi connectivity index (χ1n) is 7.16. The van der Waals surface area contributed by atoms with Crippen molar-refractivity contribution in [1.82, 2.24) is 0 Å². The van der Waals surface area contributed by atoms with Crippen molar-refractivity contribution < 1.29 is 14.5 Å². The molecule has 0 fully saturated rings. The molecular formula is C17H18N2O4. The molecule has 120 valence electrons. The summed E-state index contributed by atoms with van der Waals surface area (Å²) in [6, 6.07) is 11.3. The Labute approximate surface area is 134 Å². The molecular weight excluding hydrogens is 296 g/mol. The number of amides is 1. The molecule has 1 unspecified atom stereocenters. The number of nitro groups is 1. The molecule has 0 aliphatic rings. The molecule has 1 amide bonds. The average Bonchev–Trinajstić information content (AvgIpc) is 2.52. The molecule has 1 N–H and O–H groups in total. The van der Waals surface area contributed by atoms with Crippen molar-refractivity contribution in [1.29, 1.82) is 0 Å². The van der Waals surface area contributed by atoms with E-state index >= 15 is 0 Å². The summed E-state index contributed by atoms with van der Waals surface area (Å²) in [5, 5.41) is 13.3. The van der Waals surface area contributed by atoms with Gasteiger partial charge in [0.05, 0.1) is 4.92 Å². The molecule has 0 heterocycles. The minimum atomic E-state index is -0.689. The van der Waals surface area contributed by atoms with Crippen LogP contribution in [-0.2, 0) is 4.79 Å². The highest BCUT2D eigenvalue weighted by Gasteiger charge is 2.16. The minimum absolute atomic E-state index is 0.0253. The number of non-ortho nitro benzene ring substituents is 1. The van der Waals surface area contributed by atoms with E-state index < -0.39 is 11.0 Å². The number of aryl methyl sites for hydroxylation is 1. The van der Waals surface area contributed by atoms with Crippen molar-refractivity contribution >= 4 is 17.3 Å². The van der Waals surface area contributed by atoms with Gasteiger partial charge in [-0.25, -0.2) is 0 Å². The van der Waals surface area contributed by atoms with Gasteiger partial charge in [-0.05, 0) is 50.1 Å². The lowest BCUT2D eigenvalue weighted by atomic mass is 10.1. The Morgan fingerprint density at radius 2 is 1.83 bits per heavy atom. The maximum atomic E-state index is 12.2. The zero-order valence-corrected chi connectivity index (χ0v) is 13.2. The molecule has 6 heteroatoms. The molecule has 0 saturated heterocycles. The van der Waals surface area contributed by atoms with E-state index in [4.69, 9.17) is 4.74 Å². The molecule has 0 bridgehead atoms. The molecule has 23 heavy (non-hydrogen) atoms. The Balaban J connectivity index is 2.02. The third kappa shape index (κ3) is 4.06. The highest BCUT2D eigenvalue weighted by molar-refractivity contribution is 5.94. The van der Waals surface area contributed by atoms with E-state index in [0.29, 0.717) is 11.4 Å². The number of carbonyl (C=O) groups is 1. The summed E-state index contributed by atoms with van der Waals surface area (Å²) in [5.74, 6) is 0.344. The number of nitrogens with zero attached hydrogens (tertiary/aromatic N) is 1. The number of anilines is 1. The van der Waals surface area contributed by atoms with Gasteiger partial charge in [-0.3, -0.25) is 14.9 Å². The van der Waals surface area contributed by atoms with Crippen LogP contribution < -0.4 is 10.1 Å². The normalized spacial score (nSPS) is 11.6. The second-order valence-electron chi connectivity index (χ2n) is 5.25. The van der Waals surface area contributed by atoms with Gasteiger partial charge in [-0.2, -0.15) is 0 Å². The lowest BCUT2D eigenvalue weighted by Crippen LogP contribution is -2.30. The van der Waals surface area contributed by atoms with Gasteiger partial charge in [0.25, 0.3) is 11.6 Å². The van der Waals surface area contributed by atoms with Crippen LogP contribution >= 0.6 is 0 Å². The van der Waals surface area contributed by atoms with E-state index in [1.165, 1.54) is 24.3 Å². The highest BCUT2D eigenvalue weighted by atomic mass is 16.6. The van der Waals surface area contributed by atoms with Crippen LogP contribution in [0.3, 0.4) is 0 Å². The van der Waals surface area contributed by atoms with E-state index in [-0.39, 0.29) is 11.6 Å². The van der Waals surface area contributed by atoms with Crippen molar-refractivity contribution in [2.24, 2.45) is 0 Å². The van der Waals surface area contributed by atoms with Gasteiger partial charge >= 0.3 is 0 Å². The molecule has 1 atom stereocenters. The van der Waals surface area contributed by atoms with E-state index in [9.17, 15) is 14.9 Å². The molecule has 0 saturated carbocycles. The number of hydrogen-bond donors (Lipinski definition) is 1. The van der Waals surface area contributed by atoms with Crippen molar-refractivity contribution in [2.45, 2.75) is 26.9 Å². The van der Waals surface area contributed by atoms with Gasteiger partial charge in [-0.15, -0.1) is 0 Å².